The minimum atomic E-state index is -1.48. The summed E-state index contributed by atoms with van der Waals surface area (Å²) < 4.78 is 5.99. The number of nitrogens with one attached hydrogen (secondary N) is 1. The van der Waals surface area contributed by atoms with E-state index in [2.05, 4.69) is 5.32 Å². The van der Waals surface area contributed by atoms with E-state index in [0.29, 0.717) is 5.69 Å². The van der Waals surface area contributed by atoms with Gasteiger partial charge in [-0.25, -0.2) is 0 Å². The van der Waals surface area contributed by atoms with Crippen LogP contribution in [0.15, 0.2) is 66.7 Å². The fraction of sp³-hybridized carbons (Fsp3) is 0.261. The highest BCUT2D eigenvalue weighted by Gasteiger charge is 2.44. The number of ether oxygens (including phenoxy) is 1. The maximum Gasteiger partial charge on any atom is 0.259 e. The Kier molecular flexibility index (Phi) is 6.45. The van der Waals surface area contributed by atoms with Crippen molar-refractivity contribution >= 4 is 34.1 Å². The average Bonchev–Trinajstić information content (AvgIpc) is 2.79. The van der Waals surface area contributed by atoms with E-state index in [9.17, 15) is 25.2 Å². The van der Waals surface area contributed by atoms with Crippen LogP contribution in [-0.2, 0) is 0 Å². The van der Waals surface area contributed by atoms with Crippen LogP contribution >= 0.6 is 11.8 Å². The van der Waals surface area contributed by atoms with Crippen molar-refractivity contribution in [3.8, 4) is 5.75 Å². The van der Waals surface area contributed by atoms with Crippen LogP contribution in [0.2, 0.25) is 0 Å². The van der Waals surface area contributed by atoms with Crippen LogP contribution in [0.4, 0.5) is 5.69 Å². The van der Waals surface area contributed by atoms with Crippen LogP contribution in [0.5, 0.6) is 5.75 Å². The number of aliphatic hydroxyl groups is 4. The summed E-state index contributed by atoms with van der Waals surface area (Å²) in [6, 6.07) is 19.9. The van der Waals surface area contributed by atoms with E-state index in [1.807, 2.05) is 42.5 Å². The summed E-state index contributed by atoms with van der Waals surface area (Å²) in [5.74, 6) is -0.162. The van der Waals surface area contributed by atoms with Gasteiger partial charge in [0.2, 0.25) is 0 Å². The van der Waals surface area contributed by atoms with E-state index in [1.165, 1.54) is 0 Å². The highest BCUT2D eigenvalue weighted by atomic mass is 32.2. The number of thioether (sulfide) groups is 1. The number of amides is 1. The molecule has 0 radical (unpaired) electrons. The van der Waals surface area contributed by atoms with Crippen molar-refractivity contribution in [1.82, 2.24) is 0 Å². The molecule has 31 heavy (non-hydrogen) atoms. The Morgan fingerprint density at radius 1 is 0.903 bits per heavy atom. The summed E-state index contributed by atoms with van der Waals surface area (Å²) in [6.07, 6.45) is -4.17. The second-order valence-corrected chi connectivity index (χ2v) is 8.67. The lowest BCUT2D eigenvalue weighted by atomic mass is 10.0. The molecule has 0 spiro atoms. The summed E-state index contributed by atoms with van der Waals surface area (Å²) in [6.45, 7) is -0.394. The molecule has 1 aliphatic heterocycles. The van der Waals surface area contributed by atoms with Gasteiger partial charge >= 0.3 is 0 Å². The molecule has 5 N–H and O–H groups in total. The fourth-order valence-electron chi connectivity index (χ4n) is 3.50. The van der Waals surface area contributed by atoms with Gasteiger partial charge in [0.05, 0.1) is 23.5 Å². The van der Waals surface area contributed by atoms with Crippen molar-refractivity contribution in [1.29, 1.82) is 0 Å². The first kappa shape index (κ1) is 21.6. The lowest BCUT2D eigenvalue weighted by Crippen LogP contribution is -2.55. The van der Waals surface area contributed by atoms with Crippen molar-refractivity contribution in [2.75, 3.05) is 11.9 Å². The zero-order chi connectivity index (χ0) is 22.0. The zero-order valence-electron chi connectivity index (χ0n) is 16.5. The van der Waals surface area contributed by atoms with Gasteiger partial charge in [-0.3, -0.25) is 4.79 Å². The molecule has 0 bridgehead atoms. The van der Waals surface area contributed by atoms with Crippen LogP contribution in [0.25, 0.3) is 10.8 Å². The van der Waals surface area contributed by atoms with Crippen molar-refractivity contribution in [2.24, 2.45) is 0 Å². The van der Waals surface area contributed by atoms with Gasteiger partial charge in [0.1, 0.15) is 18.0 Å². The molecule has 1 amide bonds. The minimum Gasteiger partial charge on any atom is -0.476 e. The third-order valence-corrected chi connectivity index (χ3v) is 6.64. The molecule has 5 atom stereocenters. The molecule has 0 unspecified atom stereocenters. The van der Waals surface area contributed by atoms with E-state index in [4.69, 9.17) is 4.74 Å². The number of anilines is 1. The lowest BCUT2D eigenvalue weighted by Gasteiger charge is -2.39. The second kappa shape index (κ2) is 9.25. The van der Waals surface area contributed by atoms with E-state index in [1.54, 1.807) is 24.3 Å². The molecule has 1 aliphatic rings. The molecule has 4 rings (SSSR count). The predicted molar refractivity (Wildman–Crippen MR) is 119 cm³/mol. The summed E-state index contributed by atoms with van der Waals surface area (Å²) in [7, 11) is 0. The third kappa shape index (κ3) is 4.53. The Balaban J connectivity index is 1.68. The van der Waals surface area contributed by atoms with E-state index >= 15 is 0 Å². The summed E-state index contributed by atoms with van der Waals surface area (Å²) in [5, 5.41) is 43.9. The molecule has 0 aliphatic carbocycles. The normalized spacial score (nSPS) is 25.9. The van der Waals surface area contributed by atoms with Crippen LogP contribution in [0.1, 0.15) is 10.4 Å². The molecule has 0 saturated carbocycles. The first-order chi connectivity index (χ1) is 15.0. The number of aliphatic hydroxyl groups excluding tert-OH is 4. The van der Waals surface area contributed by atoms with Crippen molar-refractivity contribution in [3.63, 3.8) is 0 Å². The topological polar surface area (TPSA) is 119 Å². The van der Waals surface area contributed by atoms with Gasteiger partial charge in [-0.05, 0) is 35.0 Å². The molecular weight excluding hydrogens is 418 g/mol. The van der Waals surface area contributed by atoms with Gasteiger partial charge in [0.15, 0.2) is 5.44 Å². The number of rotatable bonds is 5. The smallest absolute Gasteiger partial charge is 0.259 e. The third-order valence-electron chi connectivity index (χ3n) is 5.22. The first-order valence-electron chi connectivity index (χ1n) is 9.84. The number of fused-ring (bicyclic) bond motifs is 1. The van der Waals surface area contributed by atoms with Gasteiger partial charge in [-0.1, -0.05) is 42.5 Å². The van der Waals surface area contributed by atoms with Gasteiger partial charge in [-0.15, -0.1) is 11.8 Å². The molecule has 1 saturated heterocycles. The average molecular weight is 442 g/mol. The Morgan fingerprint density at radius 2 is 1.55 bits per heavy atom. The monoisotopic (exact) mass is 441 g/mol. The molecule has 7 nitrogen and oxygen atoms in total. The standard InChI is InChI=1S/C23H23NO6S/c25-12-18-19(26)20(27)21(28)23(31-18)30-17-11-14-7-5-4-6-13(14)10-16(17)22(29)24-15-8-2-1-3-9-15/h1-11,18-21,23,25-28H,12H2,(H,24,29)/t18-,19-,20+,21-,23-/m1/s1. The highest BCUT2D eigenvalue weighted by Crippen LogP contribution is 2.36. The van der Waals surface area contributed by atoms with Gasteiger partial charge in [0.25, 0.3) is 5.91 Å². The Bertz CT molecular complexity index is 1060. The number of benzene rings is 3. The van der Waals surface area contributed by atoms with Gasteiger partial charge in [0, 0.05) is 5.69 Å². The molecule has 8 heteroatoms. The van der Waals surface area contributed by atoms with Gasteiger partial charge in [-0.2, -0.15) is 0 Å². The predicted octanol–water partition coefficient (Wildman–Crippen LogP) is 1.99. The maximum absolute atomic E-state index is 13.0. The Hall–Kier alpha value is -2.62. The Morgan fingerprint density at radius 3 is 2.23 bits per heavy atom. The number of hydrogen-bond donors (Lipinski definition) is 5. The van der Waals surface area contributed by atoms with Crippen LogP contribution < -0.4 is 10.1 Å². The molecule has 3 aromatic rings. The molecule has 162 valence electrons. The molecule has 0 aromatic heterocycles. The van der Waals surface area contributed by atoms with Crippen molar-refractivity contribution in [2.45, 2.75) is 29.0 Å². The fourth-order valence-corrected chi connectivity index (χ4v) is 4.74. The number of para-hydroxylation sites is 1. The second-order valence-electron chi connectivity index (χ2n) is 7.33. The largest absolute Gasteiger partial charge is 0.476 e. The highest BCUT2D eigenvalue weighted by molar-refractivity contribution is 8.00. The SMILES string of the molecule is O=C(Nc1ccccc1)c1cc2ccccc2cc1O[C@@H]1S[C@H](CO)[C@@H](O)[C@H](O)[C@H]1O. The molecule has 1 heterocycles. The molecular formula is C23H23NO6S. The van der Waals surface area contributed by atoms with Crippen LogP contribution in [0, 0.1) is 0 Å². The summed E-state index contributed by atoms with van der Waals surface area (Å²) in [4.78, 5) is 13.0. The minimum absolute atomic E-state index is 0.226. The van der Waals surface area contributed by atoms with Crippen molar-refractivity contribution in [3.05, 3.63) is 72.3 Å². The lowest BCUT2D eigenvalue weighted by molar-refractivity contribution is -0.0909. The molecule has 1 fully saturated rings. The number of carbonyl (C=O) groups is 1. The quantitative estimate of drug-likeness (QED) is 0.411. The molecule has 3 aromatic carbocycles. The first-order valence-corrected chi connectivity index (χ1v) is 10.8. The maximum atomic E-state index is 13.0. The summed E-state index contributed by atoms with van der Waals surface area (Å²) in [5.41, 5.74) is -0.103. The van der Waals surface area contributed by atoms with Crippen LogP contribution in [0.3, 0.4) is 0 Å². The van der Waals surface area contributed by atoms with E-state index in [-0.39, 0.29) is 17.2 Å². The van der Waals surface area contributed by atoms with Crippen LogP contribution in [-0.4, -0.2) is 61.9 Å². The number of hydrogen-bond acceptors (Lipinski definition) is 7. The van der Waals surface area contributed by atoms with E-state index < -0.39 is 35.6 Å². The van der Waals surface area contributed by atoms with E-state index in [0.717, 1.165) is 22.5 Å². The Labute approximate surface area is 183 Å². The number of carbonyl (C=O) groups excluding carboxylic acids is 1. The van der Waals surface area contributed by atoms with Gasteiger partial charge < -0.3 is 30.5 Å². The van der Waals surface area contributed by atoms with Crippen molar-refractivity contribution < 1.29 is 30.0 Å². The zero-order valence-corrected chi connectivity index (χ0v) is 17.3. The summed E-state index contributed by atoms with van der Waals surface area (Å²) >= 11 is 1.01.